The van der Waals surface area contributed by atoms with Crippen LogP contribution in [0.25, 0.3) is 0 Å². The summed E-state index contributed by atoms with van der Waals surface area (Å²) >= 11 is 1.40. The third-order valence-corrected chi connectivity index (χ3v) is 6.71. The van der Waals surface area contributed by atoms with Gasteiger partial charge in [0.1, 0.15) is 17.6 Å². The van der Waals surface area contributed by atoms with Crippen LogP contribution >= 0.6 is 11.8 Å². The first-order valence-corrected chi connectivity index (χ1v) is 11.8. The SMILES string of the molecule is COc1ccc(C2=NN(C(=O)COC(=O)c3ccc4c(c3)NC(=O)CS4)C(c3ccco3)C2)cc1. The highest BCUT2D eigenvalue weighted by molar-refractivity contribution is 8.00. The summed E-state index contributed by atoms with van der Waals surface area (Å²) in [6.07, 6.45) is 1.98. The predicted octanol–water partition coefficient (Wildman–Crippen LogP) is 3.87. The molecule has 178 valence electrons. The van der Waals surface area contributed by atoms with Gasteiger partial charge in [0.2, 0.25) is 5.91 Å². The van der Waals surface area contributed by atoms with Crippen molar-refractivity contribution in [2.45, 2.75) is 17.4 Å². The number of esters is 1. The lowest BCUT2D eigenvalue weighted by atomic mass is 10.0. The van der Waals surface area contributed by atoms with Crippen LogP contribution < -0.4 is 10.1 Å². The Bertz CT molecular complexity index is 1300. The Kier molecular flexibility index (Phi) is 6.28. The fourth-order valence-electron chi connectivity index (χ4n) is 3.89. The van der Waals surface area contributed by atoms with Gasteiger partial charge in [-0.3, -0.25) is 9.59 Å². The van der Waals surface area contributed by atoms with E-state index in [2.05, 4.69) is 10.4 Å². The molecular formula is C25H21N3O6S. The lowest BCUT2D eigenvalue weighted by Crippen LogP contribution is -2.31. The van der Waals surface area contributed by atoms with Crippen molar-refractivity contribution >= 4 is 40.9 Å². The number of furan rings is 1. The van der Waals surface area contributed by atoms with Crippen LogP contribution in [0.3, 0.4) is 0 Å². The second kappa shape index (κ2) is 9.67. The molecule has 0 fully saturated rings. The number of carbonyl (C=O) groups is 3. The van der Waals surface area contributed by atoms with Crippen LogP contribution in [-0.4, -0.2) is 48.0 Å². The van der Waals surface area contributed by atoms with E-state index < -0.39 is 24.5 Å². The molecule has 0 bridgehead atoms. The maximum Gasteiger partial charge on any atom is 0.338 e. The van der Waals surface area contributed by atoms with Crippen molar-refractivity contribution in [2.24, 2.45) is 5.10 Å². The van der Waals surface area contributed by atoms with Gasteiger partial charge in [-0.05, 0) is 60.2 Å². The van der Waals surface area contributed by atoms with Crippen molar-refractivity contribution in [2.75, 3.05) is 24.8 Å². The van der Waals surface area contributed by atoms with Crippen LogP contribution in [0.15, 0.2) is 75.3 Å². The van der Waals surface area contributed by atoms with Crippen LogP contribution in [0.5, 0.6) is 5.75 Å². The number of anilines is 1. The van der Waals surface area contributed by atoms with Gasteiger partial charge in [0.25, 0.3) is 5.91 Å². The van der Waals surface area contributed by atoms with E-state index in [9.17, 15) is 14.4 Å². The number of hydrogen-bond acceptors (Lipinski definition) is 8. The smallest absolute Gasteiger partial charge is 0.338 e. The maximum atomic E-state index is 13.1. The fourth-order valence-corrected chi connectivity index (χ4v) is 4.68. The zero-order chi connectivity index (χ0) is 24.4. The average Bonchev–Trinajstić information content (AvgIpc) is 3.57. The number of thioether (sulfide) groups is 1. The van der Waals surface area contributed by atoms with Crippen LogP contribution in [0.2, 0.25) is 0 Å². The monoisotopic (exact) mass is 491 g/mol. The Morgan fingerprint density at radius 2 is 2.03 bits per heavy atom. The number of nitrogens with one attached hydrogen (secondary N) is 1. The molecule has 2 amide bonds. The van der Waals surface area contributed by atoms with Gasteiger partial charge in [0, 0.05) is 11.3 Å². The molecule has 0 saturated carbocycles. The standard InChI is InChI=1S/C25H21N3O6S/c1-32-17-7-4-15(5-8-17)18-12-20(21-3-2-10-33-21)28(27-18)24(30)13-34-25(31)16-6-9-22-19(11-16)26-23(29)14-35-22/h2-11,20H,12-14H2,1H3,(H,26,29). The third-order valence-electron chi connectivity index (χ3n) is 5.64. The number of amides is 2. The Morgan fingerprint density at radius 3 is 2.77 bits per heavy atom. The molecule has 3 heterocycles. The average molecular weight is 492 g/mol. The second-order valence-corrected chi connectivity index (χ2v) is 8.89. The van der Waals surface area contributed by atoms with Crippen molar-refractivity contribution in [3.63, 3.8) is 0 Å². The summed E-state index contributed by atoms with van der Waals surface area (Å²) in [5.74, 6) is 0.350. The fraction of sp³-hybridized carbons (Fsp3) is 0.200. The summed E-state index contributed by atoms with van der Waals surface area (Å²) < 4.78 is 16.0. The molecular weight excluding hydrogens is 470 g/mol. The normalized spacial score (nSPS) is 16.8. The van der Waals surface area contributed by atoms with E-state index in [-0.39, 0.29) is 11.5 Å². The quantitative estimate of drug-likeness (QED) is 0.521. The molecule has 3 aromatic rings. The molecule has 0 aliphatic carbocycles. The van der Waals surface area contributed by atoms with Gasteiger partial charge in [-0.25, -0.2) is 9.80 Å². The third kappa shape index (κ3) is 4.78. The minimum Gasteiger partial charge on any atom is -0.497 e. The summed E-state index contributed by atoms with van der Waals surface area (Å²) in [6.45, 7) is -0.492. The van der Waals surface area contributed by atoms with Gasteiger partial charge in [-0.1, -0.05) is 0 Å². The highest BCUT2D eigenvalue weighted by Gasteiger charge is 2.35. The molecule has 35 heavy (non-hydrogen) atoms. The number of fused-ring (bicyclic) bond motifs is 1. The van der Waals surface area contributed by atoms with Crippen LogP contribution in [0, 0.1) is 0 Å². The van der Waals surface area contributed by atoms with Gasteiger partial charge < -0.3 is 19.2 Å². The van der Waals surface area contributed by atoms with Crippen LogP contribution in [-0.2, 0) is 14.3 Å². The van der Waals surface area contributed by atoms with Gasteiger partial charge in [-0.2, -0.15) is 5.10 Å². The Hall–Kier alpha value is -4.05. The first-order chi connectivity index (χ1) is 17.0. The summed E-state index contributed by atoms with van der Waals surface area (Å²) in [4.78, 5) is 38.2. The van der Waals surface area contributed by atoms with Gasteiger partial charge in [0.15, 0.2) is 6.61 Å². The Labute approximate surface area is 205 Å². The van der Waals surface area contributed by atoms with Crippen LogP contribution in [0.1, 0.15) is 34.1 Å². The molecule has 5 rings (SSSR count). The number of carbonyl (C=O) groups excluding carboxylic acids is 3. The van der Waals surface area contributed by atoms with E-state index in [1.165, 1.54) is 23.0 Å². The molecule has 1 atom stereocenters. The highest BCUT2D eigenvalue weighted by Crippen LogP contribution is 2.34. The lowest BCUT2D eigenvalue weighted by Gasteiger charge is -2.20. The zero-order valence-electron chi connectivity index (χ0n) is 18.7. The minimum atomic E-state index is -0.668. The second-order valence-electron chi connectivity index (χ2n) is 7.87. The predicted molar refractivity (Wildman–Crippen MR) is 129 cm³/mol. The van der Waals surface area contributed by atoms with E-state index in [0.717, 1.165) is 16.2 Å². The zero-order valence-corrected chi connectivity index (χ0v) is 19.5. The topological polar surface area (TPSA) is 110 Å². The number of methoxy groups -OCH3 is 1. The van der Waals surface area contributed by atoms with Crippen molar-refractivity contribution < 1.29 is 28.3 Å². The molecule has 1 unspecified atom stereocenters. The van der Waals surface area contributed by atoms with Crippen LogP contribution in [0.4, 0.5) is 5.69 Å². The number of benzene rings is 2. The highest BCUT2D eigenvalue weighted by atomic mass is 32.2. The molecule has 10 heteroatoms. The van der Waals surface area contributed by atoms with Gasteiger partial charge in [0.05, 0.1) is 36.1 Å². The largest absolute Gasteiger partial charge is 0.497 e. The van der Waals surface area contributed by atoms with Crippen molar-refractivity contribution in [3.05, 3.63) is 77.7 Å². The maximum absolute atomic E-state index is 13.1. The number of nitrogens with zero attached hydrogens (tertiary/aromatic N) is 2. The number of rotatable bonds is 6. The molecule has 0 radical (unpaired) electrons. The van der Waals surface area contributed by atoms with Gasteiger partial charge in [-0.15, -0.1) is 11.8 Å². The van der Waals surface area contributed by atoms with E-state index >= 15 is 0 Å². The van der Waals surface area contributed by atoms with E-state index in [0.29, 0.717) is 29.3 Å². The molecule has 1 aromatic heterocycles. The Balaban J connectivity index is 1.30. The van der Waals surface area contributed by atoms with Crippen molar-refractivity contribution in [1.82, 2.24) is 5.01 Å². The Morgan fingerprint density at radius 1 is 1.20 bits per heavy atom. The summed E-state index contributed by atoms with van der Waals surface area (Å²) in [5.41, 5.74) is 2.35. The summed E-state index contributed by atoms with van der Waals surface area (Å²) in [7, 11) is 1.59. The van der Waals surface area contributed by atoms with Crippen molar-refractivity contribution in [1.29, 1.82) is 0 Å². The number of hydrogen-bond donors (Lipinski definition) is 1. The first-order valence-electron chi connectivity index (χ1n) is 10.8. The number of hydrazone groups is 1. The van der Waals surface area contributed by atoms with E-state index in [4.69, 9.17) is 13.9 Å². The minimum absolute atomic E-state index is 0.133. The molecule has 2 aliphatic heterocycles. The van der Waals surface area contributed by atoms with E-state index in [1.54, 1.807) is 37.4 Å². The van der Waals surface area contributed by atoms with E-state index in [1.807, 2.05) is 24.3 Å². The molecule has 9 nitrogen and oxygen atoms in total. The van der Waals surface area contributed by atoms with Crippen molar-refractivity contribution in [3.8, 4) is 5.75 Å². The molecule has 1 N–H and O–H groups in total. The molecule has 2 aromatic carbocycles. The first kappa shape index (κ1) is 22.7. The molecule has 2 aliphatic rings. The van der Waals surface area contributed by atoms with Gasteiger partial charge >= 0.3 is 5.97 Å². The molecule has 0 spiro atoms. The summed E-state index contributed by atoms with van der Waals surface area (Å²) in [6, 6.07) is 15.4. The lowest BCUT2D eigenvalue weighted by molar-refractivity contribution is -0.136. The number of ether oxygens (including phenoxy) is 2. The molecule has 0 saturated heterocycles. The summed E-state index contributed by atoms with van der Waals surface area (Å²) in [5, 5.41) is 8.56.